The molecule has 1 aromatic heterocycles. The lowest BCUT2D eigenvalue weighted by Crippen LogP contribution is -2.11. The van der Waals surface area contributed by atoms with Crippen molar-refractivity contribution in [1.82, 2.24) is 9.97 Å². The Hall–Kier alpha value is -2.08. The van der Waals surface area contributed by atoms with Crippen molar-refractivity contribution in [3.63, 3.8) is 0 Å². The summed E-state index contributed by atoms with van der Waals surface area (Å²) in [6, 6.07) is 7.51. The Morgan fingerprint density at radius 2 is 2.20 bits per heavy atom. The Balaban J connectivity index is 0.00000112. The van der Waals surface area contributed by atoms with Crippen LogP contribution in [-0.4, -0.2) is 28.6 Å². The van der Waals surface area contributed by atoms with E-state index in [2.05, 4.69) is 20.0 Å². The van der Waals surface area contributed by atoms with Gasteiger partial charge >= 0.3 is 6.09 Å². The summed E-state index contributed by atoms with van der Waals surface area (Å²) in [5.74, 6) is 0.387. The van der Waals surface area contributed by atoms with Crippen molar-refractivity contribution in [3.8, 4) is 0 Å². The minimum atomic E-state index is -0.538. The highest BCUT2D eigenvalue weighted by Gasteiger charge is 2.04. The van der Waals surface area contributed by atoms with Crippen LogP contribution >= 0.6 is 0 Å². The fourth-order valence-corrected chi connectivity index (χ4v) is 1.16. The molecule has 0 atom stereocenters. The number of amides is 1. The summed E-state index contributed by atoms with van der Waals surface area (Å²) in [5, 5.41) is 2.45. The van der Waals surface area contributed by atoms with Crippen LogP contribution in [0.4, 0.5) is 10.7 Å². The Kier molecular flexibility index (Phi) is 3.25. The van der Waals surface area contributed by atoms with Crippen LogP contribution in [0, 0.1) is 0 Å². The second kappa shape index (κ2) is 4.43. The van der Waals surface area contributed by atoms with Gasteiger partial charge in [-0.05, 0) is 12.1 Å². The molecular weight excluding hydrogens is 198 g/mol. The number of rotatable bonds is 1. The topological polar surface area (TPSA) is 98.5 Å². The standard InChI is InChI=1S/C9H9N3O2.H2O/c1-14-9(13)12-8-10-6-4-2-3-5-7(6)11-8;/h2-5H,1H3,(H2,10,11,12,13);1H2. The molecule has 2 aromatic rings. The predicted molar refractivity (Wildman–Crippen MR) is 55.7 cm³/mol. The van der Waals surface area contributed by atoms with E-state index in [1.807, 2.05) is 24.3 Å². The lowest BCUT2D eigenvalue weighted by molar-refractivity contribution is 0.186. The molecule has 0 fully saturated rings. The van der Waals surface area contributed by atoms with Crippen LogP contribution in [0.3, 0.4) is 0 Å². The van der Waals surface area contributed by atoms with Crippen molar-refractivity contribution >= 4 is 23.1 Å². The van der Waals surface area contributed by atoms with E-state index in [1.54, 1.807) is 0 Å². The molecule has 0 unspecified atom stereocenters. The zero-order chi connectivity index (χ0) is 9.97. The molecule has 15 heavy (non-hydrogen) atoms. The lowest BCUT2D eigenvalue weighted by atomic mass is 10.3. The Bertz CT molecular complexity index is 433. The van der Waals surface area contributed by atoms with Gasteiger partial charge < -0.3 is 15.2 Å². The second-order valence-corrected chi connectivity index (χ2v) is 2.72. The summed E-state index contributed by atoms with van der Waals surface area (Å²) in [5.41, 5.74) is 1.68. The SMILES string of the molecule is COC(=O)Nc1nc2ccccc2[nH]1.O. The molecule has 0 saturated carbocycles. The van der Waals surface area contributed by atoms with Gasteiger partial charge in [0.15, 0.2) is 0 Å². The fraction of sp³-hybridized carbons (Fsp3) is 0.111. The minimum absolute atomic E-state index is 0. The molecule has 6 nitrogen and oxygen atoms in total. The zero-order valence-electron chi connectivity index (χ0n) is 8.07. The third-order valence-electron chi connectivity index (χ3n) is 1.80. The molecule has 6 heteroatoms. The first-order valence-electron chi connectivity index (χ1n) is 4.09. The van der Waals surface area contributed by atoms with E-state index in [4.69, 9.17) is 0 Å². The number of para-hydroxylation sites is 2. The molecule has 1 amide bonds. The lowest BCUT2D eigenvalue weighted by Gasteiger charge is -1.96. The number of nitrogens with zero attached hydrogens (tertiary/aromatic N) is 1. The van der Waals surface area contributed by atoms with Crippen molar-refractivity contribution in [2.24, 2.45) is 0 Å². The largest absolute Gasteiger partial charge is 0.453 e. The molecule has 0 aliphatic rings. The first kappa shape index (κ1) is 11.0. The number of imidazole rings is 1. The van der Waals surface area contributed by atoms with Gasteiger partial charge in [-0.25, -0.2) is 9.78 Å². The highest BCUT2D eigenvalue weighted by molar-refractivity contribution is 5.85. The van der Waals surface area contributed by atoms with E-state index < -0.39 is 6.09 Å². The summed E-state index contributed by atoms with van der Waals surface area (Å²) >= 11 is 0. The first-order chi connectivity index (χ1) is 6.79. The maximum absolute atomic E-state index is 10.9. The van der Waals surface area contributed by atoms with E-state index in [9.17, 15) is 4.79 Å². The predicted octanol–water partition coefficient (Wildman–Crippen LogP) is 0.916. The summed E-state index contributed by atoms with van der Waals surface area (Å²) < 4.78 is 4.44. The normalized spacial score (nSPS) is 9.40. The molecule has 80 valence electrons. The summed E-state index contributed by atoms with van der Waals surface area (Å²) in [6.07, 6.45) is -0.538. The van der Waals surface area contributed by atoms with Crippen molar-refractivity contribution in [1.29, 1.82) is 0 Å². The molecule has 0 aliphatic carbocycles. The van der Waals surface area contributed by atoms with Gasteiger partial charge in [0.25, 0.3) is 0 Å². The molecule has 0 spiro atoms. The number of anilines is 1. The van der Waals surface area contributed by atoms with Gasteiger partial charge in [-0.3, -0.25) is 5.32 Å². The van der Waals surface area contributed by atoms with Gasteiger partial charge in [0.2, 0.25) is 5.95 Å². The van der Waals surface area contributed by atoms with Gasteiger partial charge in [-0.15, -0.1) is 0 Å². The van der Waals surface area contributed by atoms with Crippen LogP contribution in [-0.2, 0) is 4.74 Å². The van der Waals surface area contributed by atoms with Crippen LogP contribution < -0.4 is 5.32 Å². The smallest absolute Gasteiger partial charge is 0.413 e. The number of H-pyrrole nitrogens is 1. The number of aromatic nitrogens is 2. The maximum atomic E-state index is 10.9. The monoisotopic (exact) mass is 209 g/mol. The van der Waals surface area contributed by atoms with Gasteiger partial charge in [0.05, 0.1) is 18.1 Å². The quantitative estimate of drug-likeness (QED) is 0.730. The van der Waals surface area contributed by atoms with Gasteiger partial charge in [0.1, 0.15) is 0 Å². The third-order valence-corrected chi connectivity index (χ3v) is 1.80. The average molecular weight is 209 g/mol. The number of nitrogens with one attached hydrogen (secondary N) is 2. The number of methoxy groups -OCH3 is 1. The van der Waals surface area contributed by atoms with E-state index in [1.165, 1.54) is 7.11 Å². The number of fused-ring (bicyclic) bond motifs is 1. The number of benzene rings is 1. The van der Waals surface area contributed by atoms with E-state index in [0.717, 1.165) is 11.0 Å². The molecule has 1 heterocycles. The number of carbonyl (C=O) groups excluding carboxylic acids is 1. The van der Waals surface area contributed by atoms with Gasteiger partial charge in [-0.2, -0.15) is 0 Å². The highest BCUT2D eigenvalue weighted by Crippen LogP contribution is 2.12. The van der Waals surface area contributed by atoms with Crippen LogP contribution in [0.25, 0.3) is 11.0 Å². The third kappa shape index (κ3) is 2.23. The number of hydrogen-bond acceptors (Lipinski definition) is 3. The van der Waals surface area contributed by atoms with Crippen molar-refractivity contribution in [3.05, 3.63) is 24.3 Å². The van der Waals surface area contributed by atoms with Crippen molar-refractivity contribution in [2.45, 2.75) is 0 Å². The van der Waals surface area contributed by atoms with E-state index >= 15 is 0 Å². The summed E-state index contributed by atoms with van der Waals surface area (Å²) in [4.78, 5) is 17.9. The highest BCUT2D eigenvalue weighted by atomic mass is 16.5. The molecule has 4 N–H and O–H groups in total. The molecule has 0 radical (unpaired) electrons. The maximum Gasteiger partial charge on any atom is 0.413 e. The summed E-state index contributed by atoms with van der Waals surface area (Å²) in [6.45, 7) is 0. The van der Waals surface area contributed by atoms with E-state index in [0.29, 0.717) is 5.95 Å². The van der Waals surface area contributed by atoms with Crippen molar-refractivity contribution < 1.29 is 15.0 Å². The number of carbonyl (C=O) groups is 1. The Labute approximate surface area is 85.6 Å². The molecule has 0 aliphatic heterocycles. The zero-order valence-corrected chi connectivity index (χ0v) is 8.07. The average Bonchev–Trinajstić information content (AvgIpc) is 2.59. The van der Waals surface area contributed by atoms with Gasteiger partial charge in [0, 0.05) is 0 Å². The van der Waals surface area contributed by atoms with Crippen LogP contribution in [0.1, 0.15) is 0 Å². The molecule has 2 rings (SSSR count). The summed E-state index contributed by atoms with van der Waals surface area (Å²) in [7, 11) is 1.30. The Morgan fingerprint density at radius 3 is 2.87 bits per heavy atom. The number of hydrogen-bond donors (Lipinski definition) is 2. The first-order valence-corrected chi connectivity index (χ1v) is 4.09. The fourth-order valence-electron chi connectivity index (χ4n) is 1.16. The molecule has 1 aromatic carbocycles. The van der Waals surface area contributed by atoms with Gasteiger partial charge in [-0.1, -0.05) is 12.1 Å². The number of aromatic amines is 1. The van der Waals surface area contributed by atoms with E-state index in [-0.39, 0.29) is 5.48 Å². The van der Waals surface area contributed by atoms with Crippen LogP contribution in [0.5, 0.6) is 0 Å². The minimum Gasteiger partial charge on any atom is -0.453 e. The Morgan fingerprint density at radius 1 is 1.47 bits per heavy atom. The van der Waals surface area contributed by atoms with Crippen LogP contribution in [0.2, 0.25) is 0 Å². The molecular formula is C9H11N3O3. The number of ether oxygens (including phenoxy) is 1. The molecule has 0 bridgehead atoms. The molecule has 0 saturated heterocycles. The van der Waals surface area contributed by atoms with Crippen LogP contribution in [0.15, 0.2) is 24.3 Å². The van der Waals surface area contributed by atoms with Crippen molar-refractivity contribution in [2.75, 3.05) is 12.4 Å². The second-order valence-electron chi connectivity index (χ2n) is 2.72.